The quantitative estimate of drug-likeness (QED) is 0.863. The fraction of sp³-hybridized carbons (Fsp3) is 0.250. The lowest BCUT2D eigenvalue weighted by atomic mass is 10.3. The Balaban J connectivity index is 2.33. The first-order valence-corrected chi connectivity index (χ1v) is 5.74. The van der Waals surface area contributed by atoms with Crippen LogP contribution in [0.4, 0.5) is 22.0 Å². The summed E-state index contributed by atoms with van der Waals surface area (Å²) in [6, 6.07) is 4.44. The van der Waals surface area contributed by atoms with E-state index < -0.39 is 5.82 Å². The molecule has 7 nitrogen and oxygen atoms in total. The van der Waals surface area contributed by atoms with Gasteiger partial charge >= 0.3 is 6.01 Å². The Morgan fingerprint density at radius 2 is 1.80 bits per heavy atom. The van der Waals surface area contributed by atoms with Crippen molar-refractivity contribution in [1.82, 2.24) is 15.0 Å². The molecule has 0 bridgehead atoms. The molecule has 1 aromatic carbocycles. The summed E-state index contributed by atoms with van der Waals surface area (Å²) < 4.78 is 23.7. The summed E-state index contributed by atoms with van der Waals surface area (Å²) in [6.07, 6.45) is 0. The van der Waals surface area contributed by atoms with Crippen LogP contribution >= 0.6 is 0 Å². The zero-order valence-electron chi connectivity index (χ0n) is 11.3. The maximum atomic E-state index is 13.7. The molecule has 0 atom stereocenters. The molecule has 8 heteroatoms. The Bertz CT molecular complexity index is 586. The van der Waals surface area contributed by atoms with Gasteiger partial charge in [-0.05, 0) is 12.1 Å². The second-order valence-electron chi connectivity index (χ2n) is 3.69. The van der Waals surface area contributed by atoms with Gasteiger partial charge in [0.15, 0.2) is 0 Å². The number of ether oxygens (including phenoxy) is 2. The molecule has 1 aromatic heterocycles. The van der Waals surface area contributed by atoms with Crippen molar-refractivity contribution in [2.75, 3.05) is 31.9 Å². The number of methoxy groups -OCH3 is 2. The molecule has 0 spiro atoms. The fourth-order valence-corrected chi connectivity index (χ4v) is 1.46. The number of nitrogens with one attached hydrogen (secondary N) is 2. The maximum absolute atomic E-state index is 13.7. The molecule has 20 heavy (non-hydrogen) atoms. The predicted molar refractivity (Wildman–Crippen MR) is 72.2 cm³/mol. The Hall–Kier alpha value is -2.64. The van der Waals surface area contributed by atoms with E-state index in [1.165, 1.54) is 32.4 Å². The lowest BCUT2D eigenvalue weighted by Crippen LogP contribution is -2.06. The summed E-state index contributed by atoms with van der Waals surface area (Å²) in [5.74, 6) is 0.538. The van der Waals surface area contributed by atoms with Crippen LogP contribution in [0.2, 0.25) is 0 Å². The minimum Gasteiger partial charge on any atom is -0.497 e. The van der Waals surface area contributed by atoms with Crippen LogP contribution in [0.1, 0.15) is 0 Å². The van der Waals surface area contributed by atoms with Crippen molar-refractivity contribution in [3.8, 4) is 11.8 Å². The van der Waals surface area contributed by atoms with E-state index in [1.807, 2.05) is 0 Å². The molecule has 2 aromatic rings. The van der Waals surface area contributed by atoms with Gasteiger partial charge < -0.3 is 20.1 Å². The number of rotatable bonds is 5. The monoisotopic (exact) mass is 279 g/mol. The molecule has 0 aliphatic carbocycles. The Kier molecular flexibility index (Phi) is 4.14. The maximum Gasteiger partial charge on any atom is 0.322 e. The van der Waals surface area contributed by atoms with E-state index in [-0.39, 0.29) is 17.6 Å². The summed E-state index contributed by atoms with van der Waals surface area (Å²) in [4.78, 5) is 12.0. The Morgan fingerprint density at radius 3 is 2.45 bits per heavy atom. The fourth-order valence-electron chi connectivity index (χ4n) is 1.46. The summed E-state index contributed by atoms with van der Waals surface area (Å²) in [5, 5.41) is 5.52. The van der Waals surface area contributed by atoms with E-state index in [0.29, 0.717) is 11.7 Å². The van der Waals surface area contributed by atoms with Crippen LogP contribution in [0.15, 0.2) is 18.2 Å². The molecule has 2 N–H and O–H groups in total. The molecule has 0 saturated carbocycles. The van der Waals surface area contributed by atoms with Crippen LogP contribution in [0, 0.1) is 5.82 Å². The highest BCUT2D eigenvalue weighted by atomic mass is 19.1. The van der Waals surface area contributed by atoms with Gasteiger partial charge in [-0.1, -0.05) is 0 Å². The number of halogens is 1. The average molecular weight is 279 g/mol. The van der Waals surface area contributed by atoms with E-state index in [0.717, 1.165) is 0 Å². The highest BCUT2D eigenvalue weighted by Gasteiger charge is 2.09. The van der Waals surface area contributed by atoms with Crippen molar-refractivity contribution in [3.05, 3.63) is 24.0 Å². The normalized spacial score (nSPS) is 10.0. The molecule has 106 valence electrons. The van der Waals surface area contributed by atoms with Crippen molar-refractivity contribution in [2.45, 2.75) is 0 Å². The zero-order valence-corrected chi connectivity index (χ0v) is 11.3. The first-order valence-electron chi connectivity index (χ1n) is 5.74. The van der Waals surface area contributed by atoms with Gasteiger partial charge in [0.25, 0.3) is 0 Å². The van der Waals surface area contributed by atoms with E-state index in [1.54, 1.807) is 7.05 Å². The largest absolute Gasteiger partial charge is 0.497 e. The highest BCUT2D eigenvalue weighted by molar-refractivity contribution is 5.57. The molecule has 1 heterocycles. The lowest BCUT2D eigenvalue weighted by Gasteiger charge is -2.09. The standard InChI is InChI=1S/C12H14FN5O2/c1-14-10-16-11(18-12(17-10)20-3)15-9-6-7(19-2)4-5-8(9)13/h4-6H,1-3H3,(H2,14,15,16,17,18). The minimum absolute atomic E-state index is 0.121. The van der Waals surface area contributed by atoms with Crippen molar-refractivity contribution in [1.29, 1.82) is 0 Å². The van der Waals surface area contributed by atoms with Crippen LogP contribution in [0.3, 0.4) is 0 Å². The highest BCUT2D eigenvalue weighted by Crippen LogP contribution is 2.24. The first-order chi connectivity index (χ1) is 9.66. The molecule has 0 fully saturated rings. The third-order valence-electron chi connectivity index (χ3n) is 2.44. The van der Waals surface area contributed by atoms with Crippen LogP contribution in [-0.4, -0.2) is 36.2 Å². The average Bonchev–Trinajstić information content (AvgIpc) is 2.49. The summed E-state index contributed by atoms with van der Waals surface area (Å²) in [5.41, 5.74) is 0.194. The zero-order chi connectivity index (χ0) is 14.5. The molecule has 2 rings (SSSR count). The van der Waals surface area contributed by atoms with Gasteiger partial charge in [0.05, 0.1) is 19.9 Å². The van der Waals surface area contributed by atoms with Crippen molar-refractivity contribution < 1.29 is 13.9 Å². The topological polar surface area (TPSA) is 81.2 Å². The minimum atomic E-state index is -0.448. The van der Waals surface area contributed by atoms with E-state index in [2.05, 4.69) is 25.6 Å². The molecule has 0 aliphatic rings. The number of hydrogen-bond donors (Lipinski definition) is 2. The van der Waals surface area contributed by atoms with Gasteiger partial charge in [0.1, 0.15) is 11.6 Å². The van der Waals surface area contributed by atoms with Crippen LogP contribution in [0.5, 0.6) is 11.8 Å². The number of benzene rings is 1. The molecule has 0 amide bonds. The van der Waals surface area contributed by atoms with Crippen LogP contribution in [-0.2, 0) is 0 Å². The van der Waals surface area contributed by atoms with E-state index >= 15 is 0 Å². The number of anilines is 3. The van der Waals surface area contributed by atoms with Crippen LogP contribution < -0.4 is 20.1 Å². The molecular weight excluding hydrogens is 265 g/mol. The first kappa shape index (κ1) is 13.8. The predicted octanol–water partition coefficient (Wildman–Crippen LogP) is 1.81. The van der Waals surface area contributed by atoms with Gasteiger partial charge in [0, 0.05) is 13.1 Å². The number of nitrogens with zero attached hydrogens (tertiary/aromatic N) is 3. The number of aromatic nitrogens is 3. The van der Waals surface area contributed by atoms with E-state index in [4.69, 9.17) is 9.47 Å². The van der Waals surface area contributed by atoms with Gasteiger partial charge in [-0.2, -0.15) is 15.0 Å². The smallest absolute Gasteiger partial charge is 0.322 e. The molecular formula is C12H14FN5O2. The van der Waals surface area contributed by atoms with Crippen LogP contribution in [0.25, 0.3) is 0 Å². The Morgan fingerprint density at radius 1 is 1.05 bits per heavy atom. The molecule has 0 unspecified atom stereocenters. The van der Waals surface area contributed by atoms with Gasteiger partial charge in [0.2, 0.25) is 11.9 Å². The SMILES string of the molecule is CNc1nc(Nc2cc(OC)ccc2F)nc(OC)n1. The van der Waals surface area contributed by atoms with Crippen molar-refractivity contribution in [2.24, 2.45) is 0 Å². The summed E-state index contributed by atoms with van der Waals surface area (Å²) in [7, 11) is 4.59. The third-order valence-corrected chi connectivity index (χ3v) is 2.44. The van der Waals surface area contributed by atoms with Crippen molar-refractivity contribution in [3.63, 3.8) is 0 Å². The number of hydrogen-bond acceptors (Lipinski definition) is 7. The Labute approximate surface area is 115 Å². The van der Waals surface area contributed by atoms with Gasteiger partial charge in [-0.25, -0.2) is 4.39 Å². The van der Waals surface area contributed by atoms with Gasteiger partial charge in [-0.3, -0.25) is 0 Å². The molecule has 0 aliphatic heterocycles. The molecule has 0 radical (unpaired) electrons. The van der Waals surface area contributed by atoms with E-state index in [9.17, 15) is 4.39 Å². The van der Waals surface area contributed by atoms with Gasteiger partial charge in [-0.15, -0.1) is 0 Å². The third kappa shape index (κ3) is 3.02. The summed E-state index contributed by atoms with van der Waals surface area (Å²) in [6.45, 7) is 0. The second kappa shape index (κ2) is 6.00. The molecule has 0 saturated heterocycles. The second-order valence-corrected chi connectivity index (χ2v) is 3.69. The summed E-state index contributed by atoms with van der Waals surface area (Å²) >= 11 is 0. The lowest BCUT2D eigenvalue weighted by molar-refractivity contribution is 0.379. The van der Waals surface area contributed by atoms with Crippen molar-refractivity contribution >= 4 is 17.6 Å².